The first-order valence-corrected chi connectivity index (χ1v) is 7.30. The van der Waals surface area contributed by atoms with Crippen molar-refractivity contribution in [1.82, 2.24) is 4.31 Å². The average molecular weight is 293 g/mol. The number of hydrogen-bond donors (Lipinski definition) is 0. The Morgan fingerprint density at radius 2 is 1.84 bits per heavy atom. The second kappa shape index (κ2) is 4.79. The molecule has 0 spiro atoms. The van der Waals surface area contributed by atoms with Gasteiger partial charge in [0.1, 0.15) is 6.54 Å². The number of hydrogen-bond acceptors (Lipinski definition) is 2. The van der Waals surface area contributed by atoms with E-state index in [1.807, 2.05) is 0 Å². The molecule has 0 aliphatic heterocycles. The molecule has 0 N–H and O–H groups in total. The molecule has 1 saturated carbocycles. The van der Waals surface area contributed by atoms with Gasteiger partial charge in [-0.3, -0.25) is 0 Å². The van der Waals surface area contributed by atoms with Crippen molar-refractivity contribution in [2.45, 2.75) is 36.9 Å². The third kappa shape index (κ3) is 3.27. The molecule has 0 atom stereocenters. The molecule has 0 aromatic heterocycles. The Labute approximate surface area is 110 Å². The third-order valence-electron chi connectivity index (χ3n) is 2.97. The van der Waals surface area contributed by atoms with Gasteiger partial charge < -0.3 is 0 Å². The van der Waals surface area contributed by atoms with E-state index >= 15 is 0 Å². The van der Waals surface area contributed by atoms with E-state index in [4.69, 9.17) is 0 Å². The van der Waals surface area contributed by atoms with Gasteiger partial charge in [-0.15, -0.1) is 0 Å². The highest BCUT2D eigenvalue weighted by Crippen LogP contribution is 2.35. The van der Waals surface area contributed by atoms with Gasteiger partial charge in [0.15, 0.2) is 0 Å². The van der Waals surface area contributed by atoms with Gasteiger partial charge in [-0.25, -0.2) is 8.42 Å². The van der Waals surface area contributed by atoms with Crippen LogP contribution in [0.25, 0.3) is 0 Å². The lowest BCUT2D eigenvalue weighted by Crippen LogP contribution is -2.40. The quantitative estimate of drug-likeness (QED) is 0.856. The van der Waals surface area contributed by atoms with Crippen molar-refractivity contribution in [2.24, 2.45) is 0 Å². The molecular weight excluding hydrogens is 279 g/mol. The van der Waals surface area contributed by atoms with E-state index < -0.39 is 28.8 Å². The van der Waals surface area contributed by atoms with Gasteiger partial charge in [0.05, 0.1) is 4.90 Å². The molecule has 1 aliphatic carbocycles. The highest BCUT2D eigenvalue weighted by Gasteiger charge is 2.44. The van der Waals surface area contributed by atoms with E-state index in [1.54, 1.807) is 19.1 Å². The summed E-state index contributed by atoms with van der Waals surface area (Å²) in [5.41, 5.74) is 0.454. The van der Waals surface area contributed by atoms with Crippen molar-refractivity contribution in [3.8, 4) is 0 Å². The fraction of sp³-hybridized carbons (Fsp3) is 0.500. The van der Waals surface area contributed by atoms with E-state index in [0.717, 1.165) is 0 Å². The average Bonchev–Trinajstić information content (AvgIpc) is 3.08. The SMILES string of the molecule is Cc1ccccc1S(=O)(=O)N(CC(F)(F)F)C1CC1. The van der Waals surface area contributed by atoms with Gasteiger partial charge in [-0.05, 0) is 31.4 Å². The summed E-state index contributed by atoms with van der Waals surface area (Å²) in [6, 6.07) is 5.56. The van der Waals surface area contributed by atoms with E-state index in [-0.39, 0.29) is 4.90 Å². The van der Waals surface area contributed by atoms with Crippen molar-refractivity contribution < 1.29 is 21.6 Å². The minimum Gasteiger partial charge on any atom is -0.207 e. The number of alkyl halides is 3. The molecule has 0 heterocycles. The molecule has 2 rings (SSSR count). The normalized spacial score (nSPS) is 16.9. The van der Waals surface area contributed by atoms with Crippen LogP contribution in [0.15, 0.2) is 29.2 Å². The van der Waals surface area contributed by atoms with E-state index in [9.17, 15) is 21.6 Å². The zero-order valence-corrected chi connectivity index (χ0v) is 11.1. The summed E-state index contributed by atoms with van der Waals surface area (Å²) in [4.78, 5) is -0.0499. The number of sulfonamides is 1. The van der Waals surface area contributed by atoms with Gasteiger partial charge in [0.25, 0.3) is 0 Å². The first-order valence-electron chi connectivity index (χ1n) is 5.86. The smallest absolute Gasteiger partial charge is 0.207 e. The topological polar surface area (TPSA) is 37.4 Å². The number of halogens is 3. The Hall–Kier alpha value is -1.08. The molecule has 0 radical (unpaired) electrons. The highest BCUT2D eigenvalue weighted by atomic mass is 32.2. The number of nitrogens with zero attached hydrogens (tertiary/aromatic N) is 1. The van der Waals surface area contributed by atoms with Crippen LogP contribution >= 0.6 is 0 Å². The lowest BCUT2D eigenvalue weighted by Gasteiger charge is -2.23. The Morgan fingerprint density at radius 3 is 2.32 bits per heavy atom. The maximum absolute atomic E-state index is 12.5. The summed E-state index contributed by atoms with van der Waals surface area (Å²) in [5, 5.41) is 0. The molecule has 1 aromatic carbocycles. The van der Waals surface area contributed by atoms with Crippen molar-refractivity contribution in [3.05, 3.63) is 29.8 Å². The largest absolute Gasteiger partial charge is 0.402 e. The van der Waals surface area contributed by atoms with E-state index in [0.29, 0.717) is 22.7 Å². The summed E-state index contributed by atoms with van der Waals surface area (Å²) in [7, 11) is -4.09. The Kier molecular flexibility index (Phi) is 3.61. The Balaban J connectivity index is 2.38. The van der Waals surface area contributed by atoms with Crippen LogP contribution in [-0.4, -0.2) is 31.5 Å². The second-order valence-corrected chi connectivity index (χ2v) is 6.52. The van der Waals surface area contributed by atoms with Crippen molar-refractivity contribution in [1.29, 1.82) is 0 Å². The van der Waals surface area contributed by atoms with Crippen molar-refractivity contribution in [2.75, 3.05) is 6.54 Å². The summed E-state index contributed by atoms with van der Waals surface area (Å²) >= 11 is 0. The molecule has 1 aliphatic rings. The minimum atomic E-state index is -4.53. The van der Waals surface area contributed by atoms with Gasteiger partial charge in [0.2, 0.25) is 10.0 Å². The zero-order chi connectivity index (χ0) is 14.3. The van der Waals surface area contributed by atoms with Crippen molar-refractivity contribution in [3.63, 3.8) is 0 Å². The first-order chi connectivity index (χ1) is 8.72. The first kappa shape index (κ1) is 14.3. The maximum Gasteiger partial charge on any atom is 0.402 e. The standard InChI is InChI=1S/C12H14F3NO2S/c1-9-4-2-3-5-11(9)19(17,18)16(10-6-7-10)8-12(13,14)15/h2-5,10H,6-8H2,1H3. The van der Waals surface area contributed by atoms with Crippen LogP contribution in [0.5, 0.6) is 0 Å². The van der Waals surface area contributed by atoms with Crippen LogP contribution in [0.3, 0.4) is 0 Å². The fourth-order valence-corrected chi connectivity index (χ4v) is 3.82. The molecule has 106 valence electrons. The Bertz CT molecular complexity index is 565. The maximum atomic E-state index is 12.5. The summed E-state index contributed by atoms with van der Waals surface area (Å²) < 4.78 is 62.9. The summed E-state index contributed by atoms with van der Waals surface area (Å²) in [5.74, 6) is 0. The van der Waals surface area contributed by atoms with Crippen molar-refractivity contribution >= 4 is 10.0 Å². The second-order valence-electron chi connectivity index (χ2n) is 4.66. The van der Waals surface area contributed by atoms with Crippen LogP contribution in [-0.2, 0) is 10.0 Å². The monoisotopic (exact) mass is 293 g/mol. The summed E-state index contributed by atoms with van der Waals surface area (Å²) in [6.07, 6.45) is -3.55. The number of benzene rings is 1. The molecule has 0 amide bonds. The molecule has 0 bridgehead atoms. The van der Waals surface area contributed by atoms with Gasteiger partial charge in [-0.1, -0.05) is 18.2 Å². The lowest BCUT2D eigenvalue weighted by atomic mass is 10.2. The molecule has 1 aromatic rings. The molecular formula is C12H14F3NO2S. The molecule has 0 unspecified atom stereocenters. The van der Waals surface area contributed by atoms with Crippen LogP contribution in [0.2, 0.25) is 0 Å². The number of rotatable bonds is 4. The molecule has 1 fully saturated rings. The zero-order valence-electron chi connectivity index (χ0n) is 10.3. The molecule has 0 saturated heterocycles. The van der Waals surface area contributed by atoms with Gasteiger partial charge >= 0.3 is 6.18 Å². The van der Waals surface area contributed by atoms with Crippen LogP contribution in [0.4, 0.5) is 13.2 Å². The van der Waals surface area contributed by atoms with Crippen LogP contribution in [0, 0.1) is 6.92 Å². The van der Waals surface area contributed by atoms with E-state index in [2.05, 4.69) is 0 Å². The van der Waals surface area contributed by atoms with Gasteiger partial charge in [0, 0.05) is 6.04 Å². The van der Waals surface area contributed by atoms with Crippen LogP contribution < -0.4 is 0 Å². The predicted octanol–water partition coefficient (Wildman–Crippen LogP) is 2.71. The third-order valence-corrected chi connectivity index (χ3v) is 5.03. The molecule has 3 nitrogen and oxygen atoms in total. The number of aryl methyl sites for hydroxylation is 1. The van der Waals surface area contributed by atoms with Gasteiger partial charge in [-0.2, -0.15) is 17.5 Å². The molecule has 19 heavy (non-hydrogen) atoms. The lowest BCUT2D eigenvalue weighted by molar-refractivity contribution is -0.137. The predicted molar refractivity (Wildman–Crippen MR) is 64.1 cm³/mol. The molecule has 7 heteroatoms. The van der Waals surface area contributed by atoms with E-state index in [1.165, 1.54) is 12.1 Å². The van der Waals surface area contributed by atoms with Crippen LogP contribution in [0.1, 0.15) is 18.4 Å². The Morgan fingerprint density at radius 1 is 1.26 bits per heavy atom. The highest BCUT2D eigenvalue weighted by molar-refractivity contribution is 7.89. The minimum absolute atomic E-state index is 0.0499. The fourth-order valence-electron chi connectivity index (χ4n) is 1.92. The summed E-state index contributed by atoms with van der Waals surface area (Å²) in [6.45, 7) is 0.153.